The van der Waals surface area contributed by atoms with Gasteiger partial charge < -0.3 is 24.7 Å². The van der Waals surface area contributed by atoms with Crippen LogP contribution >= 0.6 is 0 Å². The van der Waals surface area contributed by atoms with Crippen LogP contribution in [0.3, 0.4) is 0 Å². The molecule has 1 atom stereocenters. The Hall–Kier alpha value is -4.44. The quantitative estimate of drug-likeness (QED) is 0.382. The molecule has 0 aliphatic carbocycles. The molecule has 0 bridgehead atoms. The van der Waals surface area contributed by atoms with Crippen molar-refractivity contribution in [1.82, 2.24) is 0 Å². The molecule has 3 aromatic rings. The number of ether oxygens (including phenoxy) is 4. The van der Waals surface area contributed by atoms with E-state index in [9.17, 15) is 10.1 Å². The van der Waals surface area contributed by atoms with Crippen molar-refractivity contribution < 1.29 is 23.7 Å². The average molecular weight is 471 g/mol. The van der Waals surface area contributed by atoms with Gasteiger partial charge in [0.25, 0.3) is 0 Å². The van der Waals surface area contributed by atoms with E-state index in [4.69, 9.17) is 24.7 Å². The van der Waals surface area contributed by atoms with Crippen LogP contribution in [0.15, 0.2) is 78.2 Å². The minimum atomic E-state index is -0.589. The van der Waals surface area contributed by atoms with Crippen molar-refractivity contribution in [2.75, 3.05) is 13.7 Å². The Morgan fingerprint density at radius 2 is 1.80 bits per heavy atom. The maximum absolute atomic E-state index is 12.4. The smallest absolute Gasteiger partial charge is 0.349 e. The van der Waals surface area contributed by atoms with Crippen LogP contribution in [-0.2, 0) is 4.79 Å². The number of hydrogen-bond acceptors (Lipinski definition) is 7. The molecule has 35 heavy (non-hydrogen) atoms. The molecule has 1 heterocycles. The molecule has 0 aromatic heterocycles. The van der Waals surface area contributed by atoms with E-state index in [0.717, 1.165) is 11.1 Å². The number of rotatable bonds is 7. The molecule has 1 aliphatic heterocycles. The highest BCUT2D eigenvalue weighted by Crippen LogP contribution is 2.43. The minimum Gasteiger partial charge on any atom is -0.493 e. The SMILES string of the molecule is COc1ccccc1OCC(=O)Oc1ccc2c(c1)OC(N)=C(C#N)C2c1ccc(C(C)C)cc1. The third-order valence-corrected chi connectivity index (χ3v) is 5.77. The van der Waals surface area contributed by atoms with Gasteiger partial charge in [0.05, 0.1) is 13.0 Å². The van der Waals surface area contributed by atoms with E-state index in [-0.39, 0.29) is 24.2 Å². The number of allylic oxidation sites excluding steroid dienone is 1. The van der Waals surface area contributed by atoms with Crippen molar-refractivity contribution in [3.05, 3.63) is 94.9 Å². The van der Waals surface area contributed by atoms with Crippen molar-refractivity contribution in [2.24, 2.45) is 5.73 Å². The molecule has 0 spiro atoms. The second-order valence-electron chi connectivity index (χ2n) is 8.36. The van der Waals surface area contributed by atoms with Crippen molar-refractivity contribution >= 4 is 5.97 Å². The lowest BCUT2D eigenvalue weighted by Gasteiger charge is -2.27. The van der Waals surface area contributed by atoms with E-state index in [2.05, 4.69) is 32.0 Å². The van der Waals surface area contributed by atoms with E-state index >= 15 is 0 Å². The molecule has 3 aromatic carbocycles. The molecule has 0 saturated carbocycles. The lowest BCUT2D eigenvalue weighted by atomic mass is 9.83. The predicted octanol–water partition coefficient (Wildman–Crippen LogP) is 5.02. The molecule has 1 unspecified atom stereocenters. The summed E-state index contributed by atoms with van der Waals surface area (Å²) in [7, 11) is 1.53. The summed E-state index contributed by atoms with van der Waals surface area (Å²) in [5.74, 6) is 1.11. The number of nitrogens with zero attached hydrogens (tertiary/aromatic N) is 1. The van der Waals surface area contributed by atoms with Crippen molar-refractivity contribution in [3.63, 3.8) is 0 Å². The summed E-state index contributed by atoms with van der Waals surface area (Å²) >= 11 is 0. The Kier molecular flexibility index (Phi) is 6.93. The summed E-state index contributed by atoms with van der Waals surface area (Å²) in [6, 6.07) is 22.4. The molecule has 0 fully saturated rings. The zero-order chi connectivity index (χ0) is 24.9. The number of esters is 1. The van der Waals surface area contributed by atoms with Gasteiger partial charge in [0, 0.05) is 11.6 Å². The topological polar surface area (TPSA) is 104 Å². The van der Waals surface area contributed by atoms with Crippen LogP contribution in [0.5, 0.6) is 23.0 Å². The number of hydrogen-bond donors (Lipinski definition) is 1. The Balaban J connectivity index is 1.54. The number of nitriles is 1. The molecular weight excluding hydrogens is 444 g/mol. The molecule has 4 rings (SSSR count). The second kappa shape index (κ2) is 10.2. The average Bonchev–Trinajstić information content (AvgIpc) is 2.86. The van der Waals surface area contributed by atoms with Crippen LogP contribution in [0, 0.1) is 11.3 Å². The summed E-state index contributed by atoms with van der Waals surface area (Å²) < 4.78 is 21.9. The Morgan fingerprint density at radius 1 is 1.09 bits per heavy atom. The highest BCUT2D eigenvalue weighted by molar-refractivity contribution is 5.74. The summed E-state index contributed by atoms with van der Waals surface area (Å²) in [6.07, 6.45) is 0. The Morgan fingerprint density at radius 3 is 2.46 bits per heavy atom. The zero-order valence-corrected chi connectivity index (χ0v) is 19.8. The van der Waals surface area contributed by atoms with Crippen LogP contribution in [0.25, 0.3) is 0 Å². The maximum atomic E-state index is 12.4. The van der Waals surface area contributed by atoms with Gasteiger partial charge in [-0.3, -0.25) is 0 Å². The van der Waals surface area contributed by atoms with Gasteiger partial charge in [-0.1, -0.05) is 56.3 Å². The fraction of sp³-hybridized carbons (Fsp3) is 0.214. The van der Waals surface area contributed by atoms with Gasteiger partial charge in [0.15, 0.2) is 18.1 Å². The van der Waals surface area contributed by atoms with Gasteiger partial charge in [-0.15, -0.1) is 0 Å². The molecule has 2 N–H and O–H groups in total. The van der Waals surface area contributed by atoms with E-state index in [1.807, 2.05) is 12.1 Å². The lowest BCUT2D eigenvalue weighted by molar-refractivity contribution is -0.136. The van der Waals surface area contributed by atoms with E-state index < -0.39 is 5.97 Å². The van der Waals surface area contributed by atoms with Crippen LogP contribution in [0.1, 0.15) is 42.4 Å². The third-order valence-electron chi connectivity index (χ3n) is 5.77. The number of fused-ring (bicyclic) bond motifs is 1. The fourth-order valence-corrected chi connectivity index (χ4v) is 3.95. The monoisotopic (exact) mass is 470 g/mol. The molecule has 0 radical (unpaired) electrons. The van der Waals surface area contributed by atoms with Crippen LogP contribution in [0.4, 0.5) is 0 Å². The van der Waals surface area contributed by atoms with Crippen LogP contribution in [-0.4, -0.2) is 19.7 Å². The third kappa shape index (κ3) is 5.07. The standard InChI is InChI=1S/C28H26N2O5/c1-17(2)18-8-10-19(11-9-18)27-21-13-12-20(14-25(21)35-28(30)22(27)15-29)34-26(31)16-33-24-7-5-4-6-23(24)32-3/h4-14,17,27H,16,30H2,1-3H3. The number of carbonyl (C=O) groups excluding carboxylic acids is 1. The molecule has 7 nitrogen and oxygen atoms in total. The van der Waals surface area contributed by atoms with Crippen LogP contribution < -0.4 is 24.7 Å². The highest BCUT2D eigenvalue weighted by atomic mass is 16.6. The first-order valence-electron chi connectivity index (χ1n) is 11.2. The first-order chi connectivity index (χ1) is 16.9. The van der Waals surface area contributed by atoms with E-state index in [1.165, 1.54) is 12.7 Å². The number of nitrogens with two attached hydrogens (primary N) is 1. The van der Waals surface area contributed by atoms with Crippen molar-refractivity contribution in [3.8, 4) is 29.1 Å². The van der Waals surface area contributed by atoms with Gasteiger partial charge in [0.2, 0.25) is 5.88 Å². The Labute approximate surface area is 204 Å². The number of para-hydroxylation sites is 2. The number of methoxy groups -OCH3 is 1. The van der Waals surface area contributed by atoms with Crippen molar-refractivity contribution in [1.29, 1.82) is 5.26 Å². The van der Waals surface area contributed by atoms with Gasteiger partial charge in [0.1, 0.15) is 23.1 Å². The maximum Gasteiger partial charge on any atom is 0.349 e. The van der Waals surface area contributed by atoms with Gasteiger partial charge in [-0.05, 0) is 35.2 Å². The molecule has 0 amide bonds. The molecule has 0 saturated heterocycles. The normalized spacial score (nSPS) is 14.5. The van der Waals surface area contributed by atoms with Crippen molar-refractivity contribution in [2.45, 2.75) is 25.7 Å². The summed E-state index contributed by atoms with van der Waals surface area (Å²) in [5.41, 5.74) is 9.32. The number of benzene rings is 3. The fourth-order valence-electron chi connectivity index (χ4n) is 3.95. The number of carbonyl (C=O) groups is 1. The minimum absolute atomic E-state index is 0.0286. The predicted molar refractivity (Wildman–Crippen MR) is 130 cm³/mol. The Bertz CT molecular complexity index is 1310. The molecule has 7 heteroatoms. The summed E-state index contributed by atoms with van der Waals surface area (Å²) in [5, 5.41) is 9.77. The van der Waals surface area contributed by atoms with Crippen LogP contribution in [0.2, 0.25) is 0 Å². The first kappa shape index (κ1) is 23.7. The molecule has 1 aliphatic rings. The highest BCUT2D eigenvalue weighted by Gasteiger charge is 2.31. The zero-order valence-electron chi connectivity index (χ0n) is 19.8. The first-order valence-corrected chi connectivity index (χ1v) is 11.2. The largest absolute Gasteiger partial charge is 0.493 e. The summed E-state index contributed by atoms with van der Waals surface area (Å²) in [4.78, 5) is 12.4. The molecular formula is C28H26N2O5. The molecule has 178 valence electrons. The van der Waals surface area contributed by atoms with Gasteiger partial charge in [-0.2, -0.15) is 5.26 Å². The summed E-state index contributed by atoms with van der Waals surface area (Å²) in [6.45, 7) is 3.95. The van der Waals surface area contributed by atoms with Gasteiger partial charge >= 0.3 is 5.97 Å². The van der Waals surface area contributed by atoms with E-state index in [1.54, 1.807) is 42.5 Å². The second-order valence-corrected chi connectivity index (χ2v) is 8.36. The lowest BCUT2D eigenvalue weighted by Crippen LogP contribution is -2.21. The van der Waals surface area contributed by atoms with Gasteiger partial charge in [-0.25, -0.2) is 4.79 Å². The van der Waals surface area contributed by atoms with E-state index in [0.29, 0.717) is 28.7 Å².